The molecule has 0 bridgehead atoms. The van der Waals surface area contributed by atoms with E-state index >= 15 is 0 Å². The summed E-state index contributed by atoms with van der Waals surface area (Å²) in [6.07, 6.45) is 3.84. The van der Waals surface area contributed by atoms with E-state index in [1.54, 1.807) is 11.3 Å². The first-order valence-electron chi connectivity index (χ1n) is 7.50. The number of hydrogen-bond donors (Lipinski definition) is 1. The summed E-state index contributed by atoms with van der Waals surface area (Å²) in [5.41, 5.74) is 4.50. The Morgan fingerprint density at radius 3 is 3.00 bits per heavy atom. The van der Waals surface area contributed by atoms with Gasteiger partial charge in [-0.25, -0.2) is 0 Å². The highest BCUT2D eigenvalue weighted by molar-refractivity contribution is 9.09. The van der Waals surface area contributed by atoms with Gasteiger partial charge in [-0.3, -0.25) is 4.79 Å². The molecule has 0 saturated heterocycles. The Kier molecular flexibility index (Phi) is 5.18. The van der Waals surface area contributed by atoms with Crippen molar-refractivity contribution in [3.63, 3.8) is 0 Å². The molecule has 1 aromatic carbocycles. The molecule has 1 aliphatic heterocycles. The van der Waals surface area contributed by atoms with Crippen LogP contribution in [0.25, 0.3) is 5.57 Å². The Morgan fingerprint density at radius 1 is 1.35 bits per heavy atom. The summed E-state index contributed by atoms with van der Waals surface area (Å²) in [4.78, 5) is 12.0. The predicted octanol–water partition coefficient (Wildman–Crippen LogP) is 4.87. The third kappa shape index (κ3) is 3.67. The van der Waals surface area contributed by atoms with Crippen LogP contribution in [0.3, 0.4) is 0 Å². The van der Waals surface area contributed by atoms with E-state index in [1.807, 2.05) is 12.1 Å². The van der Waals surface area contributed by atoms with Crippen LogP contribution in [0.15, 0.2) is 35.7 Å². The van der Waals surface area contributed by atoms with Crippen molar-refractivity contribution in [1.82, 2.24) is 0 Å². The van der Waals surface area contributed by atoms with Crippen molar-refractivity contribution >= 4 is 38.8 Å². The zero-order chi connectivity index (χ0) is 16.2. The molecule has 1 aromatic heterocycles. The fourth-order valence-corrected chi connectivity index (χ4v) is 3.75. The second-order valence-electron chi connectivity index (χ2n) is 5.37. The lowest BCUT2D eigenvalue weighted by Gasteiger charge is -2.11. The molecule has 0 spiro atoms. The van der Waals surface area contributed by atoms with Crippen LogP contribution in [-0.4, -0.2) is 16.4 Å². The number of carboxylic acids is 1. The van der Waals surface area contributed by atoms with Gasteiger partial charge < -0.3 is 9.84 Å². The quantitative estimate of drug-likeness (QED) is 0.737. The summed E-state index contributed by atoms with van der Waals surface area (Å²) >= 11 is 5.19. The molecule has 5 heteroatoms. The molecule has 3 nitrogen and oxygen atoms in total. The predicted molar refractivity (Wildman–Crippen MR) is 96.5 cm³/mol. The highest BCUT2D eigenvalue weighted by Crippen LogP contribution is 2.39. The highest BCUT2D eigenvalue weighted by Gasteiger charge is 2.20. The Balaban J connectivity index is 2.03. The number of halogens is 1. The van der Waals surface area contributed by atoms with Crippen molar-refractivity contribution in [2.75, 3.05) is 5.33 Å². The zero-order valence-electron chi connectivity index (χ0n) is 12.5. The Labute approximate surface area is 147 Å². The third-order valence-electron chi connectivity index (χ3n) is 3.81. The molecule has 1 N–H and O–H groups in total. The van der Waals surface area contributed by atoms with Gasteiger partial charge in [0.1, 0.15) is 12.4 Å². The molecular formula is C18H17BrO3S. The van der Waals surface area contributed by atoms with Crippen LogP contribution in [0.4, 0.5) is 0 Å². The lowest BCUT2D eigenvalue weighted by atomic mass is 9.95. The van der Waals surface area contributed by atoms with Gasteiger partial charge in [-0.15, -0.1) is 11.3 Å². The van der Waals surface area contributed by atoms with Crippen LogP contribution in [0.5, 0.6) is 5.75 Å². The first kappa shape index (κ1) is 16.3. The van der Waals surface area contributed by atoms with E-state index in [4.69, 9.17) is 9.84 Å². The van der Waals surface area contributed by atoms with E-state index < -0.39 is 5.97 Å². The summed E-state index contributed by atoms with van der Waals surface area (Å²) in [6, 6.07) is 8.14. The smallest absolute Gasteiger partial charge is 0.303 e. The second-order valence-corrected chi connectivity index (χ2v) is 7.16. The first-order valence-corrected chi connectivity index (χ1v) is 9.50. The van der Waals surface area contributed by atoms with Crippen molar-refractivity contribution in [2.24, 2.45) is 0 Å². The van der Waals surface area contributed by atoms with Crippen molar-refractivity contribution in [3.05, 3.63) is 57.3 Å². The monoisotopic (exact) mass is 392 g/mol. The van der Waals surface area contributed by atoms with Gasteiger partial charge in [-0.05, 0) is 53.1 Å². The Bertz CT molecular complexity index is 748. The molecule has 3 rings (SSSR count). The maximum atomic E-state index is 10.8. The van der Waals surface area contributed by atoms with Crippen molar-refractivity contribution in [1.29, 1.82) is 0 Å². The van der Waals surface area contributed by atoms with Crippen molar-refractivity contribution < 1.29 is 14.6 Å². The Morgan fingerprint density at radius 2 is 2.22 bits per heavy atom. The number of alkyl halides is 1. The van der Waals surface area contributed by atoms with Crippen LogP contribution in [0, 0.1) is 0 Å². The lowest BCUT2D eigenvalue weighted by molar-refractivity contribution is -0.136. The second kappa shape index (κ2) is 7.32. The van der Waals surface area contributed by atoms with Crippen LogP contribution in [-0.2, 0) is 17.8 Å². The number of benzene rings is 1. The molecule has 120 valence electrons. The van der Waals surface area contributed by atoms with Gasteiger partial charge in [0.2, 0.25) is 0 Å². The molecule has 2 aromatic rings. The third-order valence-corrected chi connectivity index (χ3v) is 5.17. The topological polar surface area (TPSA) is 46.5 Å². The van der Waals surface area contributed by atoms with Gasteiger partial charge in [0, 0.05) is 22.2 Å². The molecule has 0 saturated carbocycles. The SMILES string of the molecule is O=C(O)CCc1ccc2c(c1)/C(=C\CCBr)c1ccsc1CO2. The van der Waals surface area contributed by atoms with Crippen LogP contribution < -0.4 is 4.74 Å². The lowest BCUT2D eigenvalue weighted by Crippen LogP contribution is -1.99. The molecule has 0 atom stereocenters. The number of carboxylic acid groups (broad SMARTS) is 1. The number of fused-ring (bicyclic) bond motifs is 2. The summed E-state index contributed by atoms with van der Waals surface area (Å²) in [6.45, 7) is 0.583. The molecule has 0 unspecified atom stereocenters. The fraction of sp³-hybridized carbons (Fsp3) is 0.278. The molecule has 0 aliphatic carbocycles. The number of allylic oxidation sites excluding steroid dienone is 1. The number of ether oxygens (including phenoxy) is 1. The average Bonchev–Trinajstić information content (AvgIpc) is 2.95. The first-order chi connectivity index (χ1) is 11.2. The van der Waals surface area contributed by atoms with E-state index in [0.717, 1.165) is 28.6 Å². The van der Waals surface area contributed by atoms with Crippen molar-refractivity contribution in [2.45, 2.75) is 25.9 Å². The van der Waals surface area contributed by atoms with Gasteiger partial charge >= 0.3 is 5.97 Å². The van der Waals surface area contributed by atoms with Crippen LogP contribution in [0.1, 0.15) is 34.4 Å². The van der Waals surface area contributed by atoms with E-state index in [9.17, 15) is 4.79 Å². The highest BCUT2D eigenvalue weighted by atomic mass is 79.9. The molecule has 23 heavy (non-hydrogen) atoms. The minimum atomic E-state index is -0.772. The van der Waals surface area contributed by atoms with Gasteiger partial charge in [-0.2, -0.15) is 0 Å². The summed E-state index contributed by atoms with van der Waals surface area (Å²) in [7, 11) is 0. The summed E-state index contributed by atoms with van der Waals surface area (Å²) < 4.78 is 5.97. The minimum Gasteiger partial charge on any atom is -0.487 e. The summed E-state index contributed by atoms with van der Waals surface area (Å²) in [5, 5.41) is 11.9. The maximum Gasteiger partial charge on any atom is 0.303 e. The number of thiophene rings is 1. The number of rotatable bonds is 5. The molecular weight excluding hydrogens is 376 g/mol. The number of aliphatic carboxylic acids is 1. The molecule has 0 radical (unpaired) electrons. The van der Waals surface area contributed by atoms with Gasteiger partial charge in [0.15, 0.2) is 0 Å². The number of aryl methyl sites for hydroxylation is 1. The zero-order valence-corrected chi connectivity index (χ0v) is 15.0. The maximum absolute atomic E-state index is 10.8. The molecule has 0 amide bonds. The number of carbonyl (C=O) groups is 1. The fourth-order valence-electron chi connectivity index (χ4n) is 2.72. The van der Waals surface area contributed by atoms with E-state index in [2.05, 4.69) is 39.5 Å². The normalized spacial score (nSPS) is 14.7. The van der Waals surface area contributed by atoms with Gasteiger partial charge in [0.25, 0.3) is 0 Å². The largest absolute Gasteiger partial charge is 0.487 e. The standard InChI is InChI=1S/C18H17BrO3S/c19-8-1-2-13-14-7-9-23-17(14)11-22-16-5-3-12(10-15(13)16)4-6-18(20)21/h2-3,5,7,9-10H,1,4,6,8,11H2,(H,20,21)/b13-2-. The summed E-state index contributed by atoms with van der Waals surface area (Å²) in [5.74, 6) is 0.0969. The number of hydrogen-bond acceptors (Lipinski definition) is 3. The minimum absolute atomic E-state index is 0.143. The van der Waals surface area contributed by atoms with E-state index in [1.165, 1.54) is 16.0 Å². The average molecular weight is 393 g/mol. The molecule has 1 aliphatic rings. The van der Waals surface area contributed by atoms with Crippen LogP contribution >= 0.6 is 27.3 Å². The molecule has 0 fully saturated rings. The molecule has 2 heterocycles. The Hall–Kier alpha value is -1.59. The van der Waals surface area contributed by atoms with Gasteiger partial charge in [0.05, 0.1) is 0 Å². The van der Waals surface area contributed by atoms with Gasteiger partial charge in [-0.1, -0.05) is 28.1 Å². The van der Waals surface area contributed by atoms with Crippen molar-refractivity contribution in [3.8, 4) is 5.75 Å². The van der Waals surface area contributed by atoms with E-state index in [0.29, 0.717) is 13.0 Å². The van der Waals surface area contributed by atoms with Crippen LogP contribution in [0.2, 0.25) is 0 Å². The van der Waals surface area contributed by atoms with E-state index in [-0.39, 0.29) is 6.42 Å².